The highest BCUT2D eigenvalue weighted by molar-refractivity contribution is 6.16. The number of rotatable bonds is 6. The molecular weight excluding hydrogens is 695 g/mol. The van der Waals surface area contributed by atoms with Crippen LogP contribution in [0.2, 0.25) is 0 Å². The van der Waals surface area contributed by atoms with Crippen LogP contribution in [0.4, 0.5) is 0 Å². The van der Waals surface area contributed by atoms with E-state index in [1.165, 1.54) is 21.5 Å². The molecule has 0 aliphatic carbocycles. The average molecular weight is 728 g/mol. The Morgan fingerprint density at radius 2 is 0.860 bits per heavy atom. The Morgan fingerprint density at radius 3 is 1.65 bits per heavy atom. The summed E-state index contributed by atoms with van der Waals surface area (Å²) in [5.41, 5.74) is 10.9. The predicted molar refractivity (Wildman–Crippen MR) is 235 cm³/mol. The Balaban J connectivity index is 1.12. The summed E-state index contributed by atoms with van der Waals surface area (Å²) in [5.74, 6) is 1.80. The maximum atomic E-state index is 6.77. The zero-order chi connectivity index (χ0) is 37.7. The number of nitrogens with zero attached hydrogens (tertiary/aromatic N) is 3. The topological polar surface area (TPSA) is 51.8 Å². The largest absolute Gasteiger partial charge is 0.455 e. The van der Waals surface area contributed by atoms with Crippen molar-refractivity contribution >= 4 is 43.5 Å². The van der Waals surface area contributed by atoms with Crippen LogP contribution in [0.3, 0.4) is 0 Å². The molecule has 0 spiro atoms. The monoisotopic (exact) mass is 727 g/mol. The molecule has 0 saturated heterocycles. The summed E-state index contributed by atoms with van der Waals surface area (Å²) in [6, 6.07) is 69.9. The molecule has 0 aliphatic rings. The SMILES string of the molecule is c1ccc(-c2cc(-c3ccccc3)c3oc4cccc(-c5nc(-c6ccccc6)nc(-c6cccc(-c7ccc8ccc9ccccc9c8c7)c6)n5)c4c3c2)cc1. The lowest BCUT2D eigenvalue weighted by molar-refractivity contribution is 0.670. The minimum absolute atomic E-state index is 0.584. The van der Waals surface area contributed by atoms with Crippen LogP contribution in [0.5, 0.6) is 0 Å². The normalized spacial score (nSPS) is 11.5. The summed E-state index contributed by atoms with van der Waals surface area (Å²) in [5, 5.41) is 6.91. The predicted octanol–water partition coefficient (Wildman–Crippen LogP) is 14.1. The molecule has 0 aliphatic heterocycles. The van der Waals surface area contributed by atoms with E-state index in [1.807, 2.05) is 54.6 Å². The highest BCUT2D eigenvalue weighted by Crippen LogP contribution is 2.43. The van der Waals surface area contributed by atoms with Gasteiger partial charge in [0.1, 0.15) is 11.2 Å². The minimum Gasteiger partial charge on any atom is -0.455 e. The van der Waals surface area contributed by atoms with Gasteiger partial charge in [0.15, 0.2) is 17.5 Å². The van der Waals surface area contributed by atoms with Gasteiger partial charge in [0, 0.05) is 33.0 Å². The molecule has 0 N–H and O–H groups in total. The second-order valence-corrected chi connectivity index (χ2v) is 14.4. The van der Waals surface area contributed by atoms with E-state index in [0.29, 0.717) is 17.5 Å². The third kappa shape index (κ3) is 5.83. The van der Waals surface area contributed by atoms with Crippen molar-refractivity contribution in [2.24, 2.45) is 0 Å². The van der Waals surface area contributed by atoms with Gasteiger partial charge in [-0.2, -0.15) is 0 Å². The summed E-state index contributed by atoms with van der Waals surface area (Å²) in [4.78, 5) is 15.6. The van der Waals surface area contributed by atoms with Crippen molar-refractivity contribution in [3.8, 4) is 67.5 Å². The number of fused-ring (bicyclic) bond motifs is 6. The third-order valence-corrected chi connectivity index (χ3v) is 10.9. The Kier molecular flexibility index (Phi) is 7.78. The lowest BCUT2D eigenvalue weighted by Gasteiger charge is -2.11. The van der Waals surface area contributed by atoms with Gasteiger partial charge in [0.25, 0.3) is 0 Å². The minimum atomic E-state index is 0.584. The molecule has 2 heterocycles. The first-order chi connectivity index (χ1) is 28.2. The fourth-order valence-corrected chi connectivity index (χ4v) is 8.11. The van der Waals surface area contributed by atoms with E-state index in [1.54, 1.807) is 0 Å². The first-order valence-electron chi connectivity index (χ1n) is 19.2. The molecular formula is C53H33N3O. The number of hydrogen-bond acceptors (Lipinski definition) is 4. The Labute approximate surface area is 329 Å². The van der Waals surface area contributed by atoms with Crippen molar-refractivity contribution in [3.63, 3.8) is 0 Å². The van der Waals surface area contributed by atoms with Crippen molar-refractivity contribution in [3.05, 3.63) is 200 Å². The zero-order valence-electron chi connectivity index (χ0n) is 30.8. The summed E-state index contributed by atoms with van der Waals surface area (Å²) in [6.07, 6.45) is 0. The molecule has 0 saturated carbocycles. The smallest absolute Gasteiger partial charge is 0.164 e. The van der Waals surface area contributed by atoms with Gasteiger partial charge in [0.2, 0.25) is 0 Å². The van der Waals surface area contributed by atoms with Crippen LogP contribution in [0.1, 0.15) is 0 Å². The lowest BCUT2D eigenvalue weighted by atomic mass is 9.95. The molecule has 11 rings (SSSR count). The molecule has 266 valence electrons. The summed E-state index contributed by atoms with van der Waals surface area (Å²) < 4.78 is 6.77. The molecule has 0 amide bonds. The lowest BCUT2D eigenvalue weighted by Crippen LogP contribution is -2.00. The van der Waals surface area contributed by atoms with Crippen molar-refractivity contribution in [1.82, 2.24) is 15.0 Å². The van der Waals surface area contributed by atoms with Gasteiger partial charge < -0.3 is 4.42 Å². The molecule has 0 bridgehead atoms. The highest BCUT2D eigenvalue weighted by Gasteiger charge is 2.21. The molecule has 0 radical (unpaired) electrons. The van der Waals surface area contributed by atoms with Gasteiger partial charge >= 0.3 is 0 Å². The van der Waals surface area contributed by atoms with Crippen molar-refractivity contribution < 1.29 is 4.42 Å². The van der Waals surface area contributed by atoms with E-state index < -0.39 is 0 Å². The Hall–Kier alpha value is -7.69. The molecule has 57 heavy (non-hydrogen) atoms. The molecule has 2 aromatic heterocycles. The second kappa shape index (κ2) is 13.6. The standard InChI is InChI=1S/C53H33N3O/c1-4-14-34(15-5-1)42-32-46(35-16-6-2-7-17-35)50-47(33-42)49-44(24-13-25-48(49)57-50)53-55-51(38-19-8-3-9-20-38)54-52(56-53)41-22-12-21-39(30-41)40-29-28-37-27-26-36-18-10-11-23-43(36)45(37)31-40/h1-33H. The maximum absolute atomic E-state index is 6.77. The summed E-state index contributed by atoms with van der Waals surface area (Å²) in [7, 11) is 0. The van der Waals surface area contributed by atoms with Crippen LogP contribution < -0.4 is 0 Å². The van der Waals surface area contributed by atoms with Crippen LogP contribution >= 0.6 is 0 Å². The molecule has 11 aromatic rings. The first kappa shape index (κ1) is 32.7. The van der Waals surface area contributed by atoms with E-state index in [9.17, 15) is 0 Å². The summed E-state index contributed by atoms with van der Waals surface area (Å²) >= 11 is 0. The van der Waals surface area contributed by atoms with Gasteiger partial charge in [-0.1, -0.05) is 170 Å². The Bertz CT molecular complexity index is 3280. The van der Waals surface area contributed by atoms with Gasteiger partial charge in [0.05, 0.1) is 0 Å². The van der Waals surface area contributed by atoms with Gasteiger partial charge in [-0.3, -0.25) is 0 Å². The molecule has 0 fully saturated rings. The zero-order valence-corrected chi connectivity index (χ0v) is 30.8. The highest BCUT2D eigenvalue weighted by atomic mass is 16.3. The molecule has 4 heteroatoms. The van der Waals surface area contributed by atoms with E-state index in [4.69, 9.17) is 19.4 Å². The van der Waals surface area contributed by atoms with Crippen molar-refractivity contribution in [1.29, 1.82) is 0 Å². The molecule has 9 aromatic carbocycles. The molecule has 0 atom stereocenters. The van der Waals surface area contributed by atoms with Crippen LogP contribution in [0.15, 0.2) is 205 Å². The van der Waals surface area contributed by atoms with E-state index >= 15 is 0 Å². The van der Waals surface area contributed by atoms with Crippen molar-refractivity contribution in [2.75, 3.05) is 0 Å². The second-order valence-electron chi connectivity index (χ2n) is 14.4. The quantitative estimate of drug-likeness (QED) is 0.160. The number of aromatic nitrogens is 3. The molecule has 4 nitrogen and oxygen atoms in total. The van der Waals surface area contributed by atoms with E-state index in [-0.39, 0.29) is 0 Å². The summed E-state index contributed by atoms with van der Waals surface area (Å²) in [6.45, 7) is 0. The molecule has 0 unspecified atom stereocenters. The van der Waals surface area contributed by atoms with E-state index in [2.05, 4.69) is 146 Å². The van der Waals surface area contributed by atoms with E-state index in [0.717, 1.165) is 72.0 Å². The Morgan fingerprint density at radius 1 is 0.298 bits per heavy atom. The first-order valence-corrected chi connectivity index (χ1v) is 19.2. The average Bonchev–Trinajstić information content (AvgIpc) is 3.68. The van der Waals surface area contributed by atoms with Crippen LogP contribution in [-0.2, 0) is 0 Å². The van der Waals surface area contributed by atoms with Crippen LogP contribution in [0.25, 0.3) is 111 Å². The maximum Gasteiger partial charge on any atom is 0.164 e. The van der Waals surface area contributed by atoms with Gasteiger partial charge in [-0.15, -0.1) is 0 Å². The third-order valence-electron chi connectivity index (χ3n) is 10.9. The fraction of sp³-hybridized carbons (Fsp3) is 0. The number of benzene rings is 9. The van der Waals surface area contributed by atoms with Gasteiger partial charge in [-0.05, 0) is 79.7 Å². The van der Waals surface area contributed by atoms with Crippen LogP contribution in [-0.4, -0.2) is 15.0 Å². The number of hydrogen-bond donors (Lipinski definition) is 0. The fourth-order valence-electron chi connectivity index (χ4n) is 8.11. The van der Waals surface area contributed by atoms with Crippen molar-refractivity contribution in [2.45, 2.75) is 0 Å². The number of furan rings is 1. The van der Waals surface area contributed by atoms with Crippen LogP contribution in [0, 0.1) is 0 Å². The van der Waals surface area contributed by atoms with Gasteiger partial charge in [-0.25, -0.2) is 15.0 Å².